The Morgan fingerprint density at radius 2 is 2.18 bits per heavy atom. The molecule has 2 aliphatic carbocycles. The van der Waals surface area contributed by atoms with Crippen molar-refractivity contribution in [1.82, 2.24) is 5.32 Å². The number of carbonyl (C=O) groups is 1. The summed E-state index contributed by atoms with van der Waals surface area (Å²) >= 11 is 1.98. The molecule has 0 aromatic rings. The molecule has 0 spiro atoms. The van der Waals surface area contributed by atoms with Crippen molar-refractivity contribution in [2.24, 2.45) is 5.92 Å². The van der Waals surface area contributed by atoms with E-state index in [0.717, 1.165) is 32.2 Å². The van der Waals surface area contributed by atoms with Crippen LogP contribution in [0.3, 0.4) is 0 Å². The number of aliphatic carboxylic acids is 1. The number of thioether (sulfide) groups is 1. The maximum atomic E-state index is 11.0. The Hall–Kier alpha value is -0.220. The molecule has 2 saturated carbocycles. The summed E-state index contributed by atoms with van der Waals surface area (Å²) in [5.41, 5.74) is 0. The Labute approximate surface area is 108 Å². The molecule has 0 saturated heterocycles. The maximum Gasteiger partial charge on any atom is 0.306 e. The van der Waals surface area contributed by atoms with Crippen molar-refractivity contribution in [3.63, 3.8) is 0 Å². The van der Waals surface area contributed by atoms with Gasteiger partial charge < -0.3 is 10.4 Å². The smallest absolute Gasteiger partial charge is 0.306 e. The van der Waals surface area contributed by atoms with Gasteiger partial charge in [0.05, 0.1) is 5.92 Å². The molecule has 2 atom stereocenters. The van der Waals surface area contributed by atoms with Crippen molar-refractivity contribution in [3.8, 4) is 0 Å². The third-order valence-corrected chi connectivity index (χ3v) is 5.85. The third-order valence-electron chi connectivity index (χ3n) is 4.43. The minimum atomic E-state index is -0.611. The highest BCUT2D eigenvalue weighted by molar-refractivity contribution is 8.00. The zero-order valence-electron chi connectivity index (χ0n) is 10.6. The van der Waals surface area contributed by atoms with Crippen LogP contribution in [0.25, 0.3) is 0 Å². The minimum absolute atomic E-state index is 0.118. The fraction of sp³-hybridized carbons (Fsp3) is 0.923. The van der Waals surface area contributed by atoms with E-state index >= 15 is 0 Å². The summed E-state index contributed by atoms with van der Waals surface area (Å²) in [6, 6.07) is 0.425. The van der Waals surface area contributed by atoms with Crippen LogP contribution in [0.5, 0.6) is 0 Å². The second-order valence-corrected chi connectivity index (χ2v) is 6.79. The number of carboxylic acid groups (broad SMARTS) is 1. The minimum Gasteiger partial charge on any atom is -0.481 e. The molecule has 0 aromatic heterocycles. The average molecular weight is 257 g/mol. The van der Waals surface area contributed by atoms with E-state index in [0.29, 0.717) is 10.8 Å². The van der Waals surface area contributed by atoms with E-state index in [9.17, 15) is 4.79 Å². The van der Waals surface area contributed by atoms with Crippen molar-refractivity contribution in [3.05, 3.63) is 0 Å². The van der Waals surface area contributed by atoms with E-state index in [4.69, 9.17) is 5.11 Å². The van der Waals surface area contributed by atoms with E-state index in [-0.39, 0.29) is 5.92 Å². The number of hydrogen-bond donors (Lipinski definition) is 2. The lowest BCUT2D eigenvalue weighted by Gasteiger charge is -2.42. The van der Waals surface area contributed by atoms with Crippen LogP contribution in [-0.2, 0) is 4.79 Å². The summed E-state index contributed by atoms with van der Waals surface area (Å²) in [7, 11) is 0. The first kappa shape index (κ1) is 13.2. The summed E-state index contributed by atoms with van der Waals surface area (Å²) < 4.78 is 0.455. The Morgan fingerprint density at radius 1 is 1.41 bits per heavy atom. The Bertz CT molecular complexity index is 273. The molecule has 0 aromatic carbocycles. The highest BCUT2D eigenvalue weighted by Gasteiger charge is 2.37. The lowest BCUT2D eigenvalue weighted by atomic mass is 9.82. The summed E-state index contributed by atoms with van der Waals surface area (Å²) in [4.78, 5) is 11.0. The Morgan fingerprint density at radius 3 is 2.71 bits per heavy atom. The van der Waals surface area contributed by atoms with Gasteiger partial charge in [-0.3, -0.25) is 4.79 Å². The standard InChI is InChI=1S/C13H23NO2S/c1-17-13(6-3-7-13)9-14-11-5-2-4-10(8-11)12(15)16/h10-11,14H,2-9H2,1H3,(H,15,16). The summed E-state index contributed by atoms with van der Waals surface area (Å²) in [5, 5.41) is 12.7. The number of carboxylic acids is 1. The molecule has 0 aliphatic heterocycles. The molecule has 4 heteroatoms. The lowest BCUT2D eigenvalue weighted by molar-refractivity contribution is -0.143. The predicted molar refractivity (Wildman–Crippen MR) is 71.5 cm³/mol. The van der Waals surface area contributed by atoms with Crippen LogP contribution < -0.4 is 5.32 Å². The van der Waals surface area contributed by atoms with Crippen molar-refractivity contribution >= 4 is 17.7 Å². The van der Waals surface area contributed by atoms with Gasteiger partial charge in [0.25, 0.3) is 0 Å². The monoisotopic (exact) mass is 257 g/mol. The molecule has 2 fully saturated rings. The third kappa shape index (κ3) is 3.16. The van der Waals surface area contributed by atoms with Crippen LogP contribution >= 0.6 is 11.8 Å². The van der Waals surface area contributed by atoms with E-state index in [1.54, 1.807) is 0 Å². The van der Waals surface area contributed by atoms with Gasteiger partial charge in [0.1, 0.15) is 0 Å². The molecule has 2 unspecified atom stereocenters. The molecule has 3 nitrogen and oxygen atoms in total. The van der Waals surface area contributed by atoms with Gasteiger partial charge in [-0.2, -0.15) is 11.8 Å². The molecule has 2 aliphatic rings. The molecule has 17 heavy (non-hydrogen) atoms. The van der Waals surface area contributed by atoms with Gasteiger partial charge in [0, 0.05) is 17.3 Å². The molecule has 2 rings (SSSR count). The van der Waals surface area contributed by atoms with Crippen molar-refractivity contribution in [1.29, 1.82) is 0 Å². The van der Waals surface area contributed by atoms with E-state index in [1.165, 1.54) is 19.3 Å². The van der Waals surface area contributed by atoms with Crippen LogP contribution in [0, 0.1) is 5.92 Å². The molecule has 2 N–H and O–H groups in total. The highest BCUT2D eigenvalue weighted by Crippen LogP contribution is 2.42. The van der Waals surface area contributed by atoms with Gasteiger partial charge in [-0.25, -0.2) is 0 Å². The molecule has 0 amide bonds. The van der Waals surface area contributed by atoms with Crippen molar-refractivity contribution in [2.45, 2.75) is 55.7 Å². The van der Waals surface area contributed by atoms with E-state index in [1.807, 2.05) is 11.8 Å². The normalized spacial score (nSPS) is 31.8. The molecular formula is C13H23NO2S. The zero-order chi connectivity index (χ0) is 12.3. The fourth-order valence-corrected chi connectivity index (χ4v) is 3.88. The topological polar surface area (TPSA) is 49.3 Å². The van der Waals surface area contributed by atoms with Crippen molar-refractivity contribution < 1.29 is 9.90 Å². The fourth-order valence-electron chi connectivity index (χ4n) is 2.95. The Kier molecular flexibility index (Phi) is 4.36. The van der Waals surface area contributed by atoms with Gasteiger partial charge >= 0.3 is 5.97 Å². The predicted octanol–water partition coefficient (Wildman–Crippen LogP) is 2.51. The van der Waals surface area contributed by atoms with E-state index in [2.05, 4.69) is 11.6 Å². The number of hydrogen-bond acceptors (Lipinski definition) is 3. The van der Waals surface area contributed by atoms with Gasteiger partial charge in [-0.15, -0.1) is 0 Å². The van der Waals surface area contributed by atoms with Gasteiger partial charge in [0.15, 0.2) is 0 Å². The molecular weight excluding hydrogens is 234 g/mol. The largest absolute Gasteiger partial charge is 0.481 e. The quantitative estimate of drug-likeness (QED) is 0.794. The van der Waals surface area contributed by atoms with Crippen LogP contribution in [0.2, 0.25) is 0 Å². The second kappa shape index (κ2) is 5.61. The molecule has 98 valence electrons. The first-order chi connectivity index (χ1) is 8.15. The van der Waals surface area contributed by atoms with Gasteiger partial charge in [0.2, 0.25) is 0 Å². The first-order valence-corrected chi connectivity index (χ1v) is 7.89. The van der Waals surface area contributed by atoms with Crippen LogP contribution in [0.15, 0.2) is 0 Å². The number of nitrogens with one attached hydrogen (secondary N) is 1. The second-order valence-electron chi connectivity index (χ2n) is 5.52. The first-order valence-electron chi connectivity index (χ1n) is 6.66. The lowest BCUT2D eigenvalue weighted by Crippen LogP contribution is -2.48. The SMILES string of the molecule is CSC1(CNC2CCCC(C(=O)O)C2)CCC1. The van der Waals surface area contributed by atoms with Crippen LogP contribution in [0.4, 0.5) is 0 Å². The summed E-state index contributed by atoms with van der Waals surface area (Å²) in [6.45, 7) is 1.06. The summed E-state index contributed by atoms with van der Waals surface area (Å²) in [5.74, 6) is -0.729. The molecule has 0 bridgehead atoms. The van der Waals surface area contributed by atoms with Gasteiger partial charge in [-0.1, -0.05) is 12.8 Å². The zero-order valence-corrected chi connectivity index (χ0v) is 11.4. The van der Waals surface area contributed by atoms with E-state index < -0.39 is 5.97 Å². The van der Waals surface area contributed by atoms with Gasteiger partial charge in [-0.05, 0) is 38.4 Å². The number of rotatable bonds is 5. The highest BCUT2D eigenvalue weighted by atomic mass is 32.2. The van der Waals surface area contributed by atoms with Crippen LogP contribution in [-0.4, -0.2) is 34.7 Å². The summed E-state index contributed by atoms with van der Waals surface area (Å²) in [6.07, 6.45) is 10.1. The van der Waals surface area contributed by atoms with Crippen LogP contribution in [0.1, 0.15) is 44.9 Å². The molecule has 0 heterocycles. The Balaban J connectivity index is 1.77. The maximum absolute atomic E-state index is 11.0. The average Bonchev–Trinajstić information content (AvgIpc) is 2.28. The molecule has 0 radical (unpaired) electrons. The van der Waals surface area contributed by atoms with Crippen molar-refractivity contribution in [2.75, 3.05) is 12.8 Å².